The Morgan fingerprint density at radius 1 is 1.25 bits per heavy atom. The van der Waals surface area contributed by atoms with Crippen molar-refractivity contribution >= 4 is 27.4 Å². The lowest BCUT2D eigenvalue weighted by Gasteiger charge is -2.17. The highest BCUT2D eigenvalue weighted by molar-refractivity contribution is 9.10. The fourth-order valence-electron chi connectivity index (χ4n) is 1.92. The van der Waals surface area contributed by atoms with Gasteiger partial charge >= 0.3 is 0 Å². The molecule has 0 bridgehead atoms. The summed E-state index contributed by atoms with van der Waals surface area (Å²) < 4.78 is 14.6. The molecule has 1 unspecified atom stereocenters. The molecule has 0 aliphatic carbocycles. The van der Waals surface area contributed by atoms with Crippen LogP contribution in [0, 0.1) is 5.82 Å². The molecule has 0 aliphatic heterocycles. The van der Waals surface area contributed by atoms with Gasteiger partial charge in [-0.25, -0.2) is 9.37 Å². The minimum atomic E-state index is -0.225. The van der Waals surface area contributed by atoms with Crippen molar-refractivity contribution < 1.29 is 4.39 Å². The largest absolute Gasteiger partial charge is 0.377 e. The Hall–Kier alpha value is -1.62. The molecule has 2 rings (SSSR count). The van der Waals surface area contributed by atoms with Gasteiger partial charge in [0.15, 0.2) is 0 Å². The van der Waals surface area contributed by atoms with E-state index in [-0.39, 0.29) is 11.9 Å². The van der Waals surface area contributed by atoms with Crippen LogP contribution in [0.2, 0.25) is 0 Å². The second kappa shape index (κ2) is 6.22. The monoisotopic (exact) mass is 337 g/mol. The summed E-state index contributed by atoms with van der Waals surface area (Å²) in [5.41, 5.74) is 1.50. The highest BCUT2D eigenvalue weighted by Gasteiger charge is 2.11. The first-order valence-electron chi connectivity index (χ1n) is 6.32. The molecule has 1 aromatic carbocycles. The van der Waals surface area contributed by atoms with Crippen LogP contribution in [0.15, 0.2) is 41.0 Å². The predicted octanol–water partition coefficient (Wildman–Crippen LogP) is 4.22. The maximum Gasteiger partial charge on any atom is 0.129 e. The molecule has 1 aromatic heterocycles. The summed E-state index contributed by atoms with van der Waals surface area (Å²) in [7, 11) is 3.88. The molecular weight excluding hydrogens is 321 g/mol. The van der Waals surface area contributed by atoms with Crippen molar-refractivity contribution in [3.8, 4) is 0 Å². The molecule has 5 heteroatoms. The van der Waals surface area contributed by atoms with Gasteiger partial charge in [-0.15, -0.1) is 0 Å². The zero-order valence-electron chi connectivity index (χ0n) is 11.7. The van der Waals surface area contributed by atoms with Crippen molar-refractivity contribution in [2.24, 2.45) is 0 Å². The Bertz CT molecular complexity index is 584. The molecule has 0 radical (unpaired) electrons. The van der Waals surface area contributed by atoms with Crippen LogP contribution in [0.1, 0.15) is 18.5 Å². The summed E-state index contributed by atoms with van der Waals surface area (Å²) in [6.45, 7) is 1.92. The molecule has 0 amide bonds. The van der Waals surface area contributed by atoms with E-state index >= 15 is 0 Å². The van der Waals surface area contributed by atoms with E-state index in [4.69, 9.17) is 0 Å². The number of anilines is 2. The summed E-state index contributed by atoms with van der Waals surface area (Å²) in [4.78, 5) is 6.26. The predicted molar refractivity (Wildman–Crippen MR) is 84.7 cm³/mol. The van der Waals surface area contributed by atoms with Crippen molar-refractivity contribution in [3.05, 3.63) is 52.4 Å². The zero-order valence-corrected chi connectivity index (χ0v) is 13.3. The van der Waals surface area contributed by atoms with Crippen LogP contribution in [-0.4, -0.2) is 19.1 Å². The van der Waals surface area contributed by atoms with Crippen LogP contribution in [0.5, 0.6) is 0 Å². The standard InChI is InChI=1S/C15H17BrFN3/c1-10(13-6-4-11(16)8-14(13)17)19-12-5-7-15(18-9-12)20(2)3/h4-10,19H,1-3H3. The third-order valence-corrected chi connectivity index (χ3v) is 3.51. The quantitative estimate of drug-likeness (QED) is 0.905. The fraction of sp³-hybridized carbons (Fsp3) is 0.267. The Balaban J connectivity index is 2.12. The molecule has 0 fully saturated rings. The van der Waals surface area contributed by atoms with Crippen molar-refractivity contribution in [2.75, 3.05) is 24.3 Å². The summed E-state index contributed by atoms with van der Waals surface area (Å²) in [5, 5.41) is 3.25. The maximum atomic E-state index is 13.9. The van der Waals surface area contributed by atoms with Gasteiger partial charge in [0.05, 0.1) is 17.9 Å². The molecule has 1 atom stereocenters. The molecule has 1 heterocycles. The van der Waals surface area contributed by atoms with Gasteiger partial charge in [-0.3, -0.25) is 0 Å². The van der Waals surface area contributed by atoms with Crippen LogP contribution in [-0.2, 0) is 0 Å². The van der Waals surface area contributed by atoms with E-state index in [1.54, 1.807) is 12.3 Å². The Morgan fingerprint density at radius 3 is 2.55 bits per heavy atom. The van der Waals surface area contributed by atoms with Crippen molar-refractivity contribution in [2.45, 2.75) is 13.0 Å². The van der Waals surface area contributed by atoms with Gasteiger partial charge in [0.25, 0.3) is 0 Å². The third kappa shape index (κ3) is 3.48. The molecule has 0 aliphatic rings. The van der Waals surface area contributed by atoms with E-state index in [2.05, 4.69) is 26.2 Å². The van der Waals surface area contributed by atoms with Crippen LogP contribution >= 0.6 is 15.9 Å². The first-order valence-corrected chi connectivity index (χ1v) is 7.11. The average Bonchev–Trinajstić information content (AvgIpc) is 2.39. The number of nitrogens with zero attached hydrogens (tertiary/aromatic N) is 2. The second-order valence-electron chi connectivity index (χ2n) is 4.83. The fourth-order valence-corrected chi connectivity index (χ4v) is 2.25. The van der Waals surface area contributed by atoms with Crippen molar-refractivity contribution in [1.29, 1.82) is 0 Å². The number of benzene rings is 1. The van der Waals surface area contributed by atoms with Gasteiger partial charge in [0.1, 0.15) is 11.6 Å². The second-order valence-corrected chi connectivity index (χ2v) is 5.75. The van der Waals surface area contributed by atoms with Gasteiger partial charge in [-0.05, 0) is 31.2 Å². The molecule has 3 nitrogen and oxygen atoms in total. The number of aromatic nitrogens is 1. The molecule has 2 aromatic rings. The lowest BCUT2D eigenvalue weighted by atomic mass is 10.1. The summed E-state index contributed by atoms with van der Waals surface area (Å²) in [6.07, 6.45) is 1.75. The number of hydrogen-bond donors (Lipinski definition) is 1. The third-order valence-electron chi connectivity index (χ3n) is 3.02. The number of pyridine rings is 1. The highest BCUT2D eigenvalue weighted by Crippen LogP contribution is 2.24. The van der Waals surface area contributed by atoms with Crippen LogP contribution in [0.3, 0.4) is 0 Å². The molecule has 0 spiro atoms. The van der Waals surface area contributed by atoms with E-state index in [1.165, 1.54) is 6.07 Å². The molecule has 20 heavy (non-hydrogen) atoms. The highest BCUT2D eigenvalue weighted by atomic mass is 79.9. The van der Waals surface area contributed by atoms with E-state index in [0.29, 0.717) is 5.56 Å². The topological polar surface area (TPSA) is 28.2 Å². The van der Waals surface area contributed by atoms with E-state index < -0.39 is 0 Å². The van der Waals surface area contributed by atoms with E-state index in [9.17, 15) is 4.39 Å². The van der Waals surface area contributed by atoms with Gasteiger partial charge < -0.3 is 10.2 Å². The molecular formula is C15H17BrFN3. The van der Waals surface area contributed by atoms with Crippen molar-refractivity contribution in [3.63, 3.8) is 0 Å². The van der Waals surface area contributed by atoms with Crippen LogP contribution in [0.25, 0.3) is 0 Å². The lowest BCUT2D eigenvalue weighted by molar-refractivity contribution is 0.599. The van der Waals surface area contributed by atoms with E-state index in [1.807, 2.05) is 44.1 Å². The van der Waals surface area contributed by atoms with Gasteiger partial charge in [-0.1, -0.05) is 22.0 Å². The van der Waals surface area contributed by atoms with Crippen LogP contribution < -0.4 is 10.2 Å². The Labute approximate surface area is 127 Å². The number of hydrogen-bond acceptors (Lipinski definition) is 3. The first kappa shape index (κ1) is 14.8. The Morgan fingerprint density at radius 2 is 2.00 bits per heavy atom. The van der Waals surface area contributed by atoms with Gasteiger partial charge in [0.2, 0.25) is 0 Å². The molecule has 0 saturated heterocycles. The first-order chi connectivity index (χ1) is 9.47. The molecule has 106 valence electrons. The van der Waals surface area contributed by atoms with E-state index in [0.717, 1.165) is 16.0 Å². The normalized spacial score (nSPS) is 12.1. The SMILES string of the molecule is CC(Nc1ccc(N(C)C)nc1)c1ccc(Br)cc1F. The maximum absolute atomic E-state index is 13.9. The lowest BCUT2D eigenvalue weighted by Crippen LogP contribution is -2.12. The van der Waals surface area contributed by atoms with Crippen LogP contribution in [0.4, 0.5) is 15.9 Å². The Kier molecular flexibility index (Phi) is 4.60. The number of rotatable bonds is 4. The summed E-state index contributed by atoms with van der Waals surface area (Å²) >= 11 is 3.26. The molecule has 1 N–H and O–H groups in total. The van der Waals surface area contributed by atoms with Gasteiger partial charge in [-0.2, -0.15) is 0 Å². The number of halogens is 2. The average molecular weight is 338 g/mol. The van der Waals surface area contributed by atoms with Gasteiger partial charge in [0, 0.05) is 24.1 Å². The summed E-state index contributed by atoms with van der Waals surface area (Å²) in [5.74, 6) is 0.662. The molecule has 0 saturated carbocycles. The summed E-state index contributed by atoms with van der Waals surface area (Å²) in [6, 6.07) is 8.82. The van der Waals surface area contributed by atoms with Crippen molar-refractivity contribution in [1.82, 2.24) is 4.98 Å². The smallest absolute Gasteiger partial charge is 0.129 e. The zero-order chi connectivity index (χ0) is 14.7. The minimum Gasteiger partial charge on any atom is -0.377 e. The minimum absolute atomic E-state index is 0.130. The number of nitrogens with one attached hydrogen (secondary N) is 1.